The van der Waals surface area contributed by atoms with Crippen molar-refractivity contribution in [1.29, 1.82) is 0 Å². The van der Waals surface area contributed by atoms with Crippen molar-refractivity contribution in [3.05, 3.63) is 65.0 Å². The van der Waals surface area contributed by atoms with Crippen LogP contribution in [0.4, 0.5) is 5.13 Å². The van der Waals surface area contributed by atoms with Crippen molar-refractivity contribution in [1.82, 2.24) is 4.98 Å². The van der Waals surface area contributed by atoms with Gasteiger partial charge in [-0.05, 0) is 41.7 Å². The fourth-order valence-electron chi connectivity index (χ4n) is 3.02. The lowest BCUT2D eigenvalue weighted by molar-refractivity contribution is -0.111. The van der Waals surface area contributed by atoms with Crippen LogP contribution in [0.3, 0.4) is 0 Å². The van der Waals surface area contributed by atoms with Gasteiger partial charge in [0.2, 0.25) is 12.7 Å². The Labute approximate surface area is 174 Å². The molecule has 1 aliphatic heterocycles. The summed E-state index contributed by atoms with van der Waals surface area (Å²) in [5.41, 5.74) is 4.10. The molecule has 0 radical (unpaired) electrons. The van der Waals surface area contributed by atoms with Crippen LogP contribution in [-0.4, -0.2) is 17.7 Å². The van der Waals surface area contributed by atoms with Crippen LogP contribution in [-0.2, 0) is 4.79 Å². The van der Waals surface area contributed by atoms with Crippen molar-refractivity contribution in [3.8, 4) is 22.8 Å². The maximum atomic E-state index is 12.2. The Kier molecular flexibility index (Phi) is 5.62. The molecular weight excluding hydrogens is 384 g/mol. The van der Waals surface area contributed by atoms with Crippen LogP contribution in [0.1, 0.15) is 37.3 Å². The predicted molar refractivity (Wildman–Crippen MR) is 116 cm³/mol. The highest BCUT2D eigenvalue weighted by atomic mass is 32.1. The zero-order valence-electron chi connectivity index (χ0n) is 16.3. The van der Waals surface area contributed by atoms with Crippen LogP contribution in [0.2, 0.25) is 0 Å². The van der Waals surface area contributed by atoms with Crippen molar-refractivity contribution in [2.45, 2.75) is 26.2 Å². The van der Waals surface area contributed by atoms with Crippen LogP contribution >= 0.6 is 11.3 Å². The van der Waals surface area contributed by atoms with Crippen LogP contribution in [0, 0.1) is 0 Å². The van der Waals surface area contributed by atoms with E-state index in [0.717, 1.165) is 29.0 Å². The average Bonchev–Trinajstić information content (AvgIpc) is 3.41. The molecule has 2 heterocycles. The second kappa shape index (κ2) is 8.49. The highest BCUT2D eigenvalue weighted by Crippen LogP contribution is 2.33. The molecule has 1 aromatic heterocycles. The van der Waals surface area contributed by atoms with Gasteiger partial charge >= 0.3 is 0 Å². The fourth-order valence-corrected chi connectivity index (χ4v) is 3.74. The van der Waals surface area contributed by atoms with Crippen molar-refractivity contribution in [2.75, 3.05) is 12.1 Å². The van der Waals surface area contributed by atoms with Gasteiger partial charge in [0, 0.05) is 17.0 Å². The Morgan fingerprint density at radius 1 is 1.21 bits per heavy atom. The van der Waals surface area contributed by atoms with Crippen molar-refractivity contribution < 1.29 is 14.3 Å². The number of hydrogen-bond acceptors (Lipinski definition) is 5. The number of nitrogens with one attached hydrogen (secondary N) is 1. The quantitative estimate of drug-likeness (QED) is 0.533. The Balaban J connectivity index is 1.39. The van der Waals surface area contributed by atoms with Crippen molar-refractivity contribution in [3.63, 3.8) is 0 Å². The number of thiazole rings is 1. The van der Waals surface area contributed by atoms with Gasteiger partial charge in [0.05, 0.1) is 5.69 Å². The maximum Gasteiger partial charge on any atom is 0.250 e. The molecule has 4 rings (SSSR count). The lowest BCUT2D eigenvalue weighted by atomic mass is 9.97. The SMILES string of the molecule is CCC(C)c1ccc(-c2csc(NC(=O)/C=C/c3ccc4c(c3)OCO4)n2)cc1. The van der Waals surface area contributed by atoms with Gasteiger partial charge in [-0.15, -0.1) is 11.3 Å². The molecule has 2 aromatic carbocycles. The maximum absolute atomic E-state index is 12.2. The largest absolute Gasteiger partial charge is 0.454 e. The molecule has 0 saturated carbocycles. The minimum atomic E-state index is -0.226. The summed E-state index contributed by atoms with van der Waals surface area (Å²) in [6.45, 7) is 4.65. The molecule has 1 atom stereocenters. The smallest absolute Gasteiger partial charge is 0.250 e. The summed E-state index contributed by atoms with van der Waals surface area (Å²) < 4.78 is 10.6. The fraction of sp³-hybridized carbons (Fsp3) is 0.217. The second-order valence-electron chi connectivity index (χ2n) is 6.90. The monoisotopic (exact) mass is 406 g/mol. The van der Waals surface area contributed by atoms with Gasteiger partial charge in [0.15, 0.2) is 16.6 Å². The number of hydrogen-bond donors (Lipinski definition) is 1. The van der Waals surface area contributed by atoms with E-state index in [1.165, 1.54) is 23.0 Å². The van der Waals surface area contributed by atoms with Crippen LogP contribution < -0.4 is 14.8 Å². The molecule has 1 unspecified atom stereocenters. The van der Waals surface area contributed by atoms with Crippen molar-refractivity contribution >= 4 is 28.5 Å². The molecule has 29 heavy (non-hydrogen) atoms. The Morgan fingerprint density at radius 3 is 2.79 bits per heavy atom. The molecule has 1 aliphatic rings. The minimum Gasteiger partial charge on any atom is -0.454 e. The number of rotatable bonds is 6. The van der Waals surface area contributed by atoms with Crippen LogP contribution in [0.15, 0.2) is 53.9 Å². The third-order valence-corrected chi connectivity index (χ3v) is 5.70. The zero-order chi connectivity index (χ0) is 20.2. The molecule has 0 bridgehead atoms. The summed E-state index contributed by atoms with van der Waals surface area (Å²) in [5, 5.41) is 5.35. The molecule has 0 spiro atoms. The number of ether oxygens (including phenoxy) is 2. The van der Waals surface area contributed by atoms with Gasteiger partial charge in [0.1, 0.15) is 0 Å². The minimum absolute atomic E-state index is 0.226. The summed E-state index contributed by atoms with van der Waals surface area (Å²) in [6.07, 6.45) is 4.34. The van der Waals surface area contributed by atoms with Gasteiger partial charge in [0.25, 0.3) is 0 Å². The first-order valence-corrected chi connectivity index (χ1v) is 10.4. The van der Waals surface area contributed by atoms with E-state index >= 15 is 0 Å². The van der Waals surface area contributed by atoms with Gasteiger partial charge < -0.3 is 9.47 Å². The van der Waals surface area contributed by atoms with Crippen molar-refractivity contribution in [2.24, 2.45) is 0 Å². The zero-order valence-corrected chi connectivity index (χ0v) is 17.2. The van der Waals surface area contributed by atoms with Gasteiger partial charge in [-0.2, -0.15) is 0 Å². The van der Waals surface area contributed by atoms with E-state index in [9.17, 15) is 4.79 Å². The first kappa shape index (κ1) is 19.2. The van der Waals surface area contributed by atoms with E-state index in [-0.39, 0.29) is 12.7 Å². The highest BCUT2D eigenvalue weighted by molar-refractivity contribution is 7.14. The van der Waals surface area contributed by atoms with E-state index in [2.05, 4.69) is 48.4 Å². The highest BCUT2D eigenvalue weighted by Gasteiger charge is 2.12. The number of nitrogens with zero attached hydrogens (tertiary/aromatic N) is 1. The topological polar surface area (TPSA) is 60.5 Å². The van der Waals surface area contributed by atoms with E-state index in [1.807, 2.05) is 23.6 Å². The number of fused-ring (bicyclic) bond motifs is 1. The summed E-state index contributed by atoms with van der Waals surface area (Å²) in [6, 6.07) is 14.0. The van der Waals surface area contributed by atoms with Gasteiger partial charge in [-0.3, -0.25) is 10.1 Å². The van der Waals surface area contributed by atoms with Crippen LogP contribution in [0.25, 0.3) is 17.3 Å². The number of anilines is 1. The lowest BCUT2D eigenvalue weighted by Crippen LogP contribution is -2.07. The molecule has 3 aromatic rings. The van der Waals surface area contributed by atoms with Gasteiger partial charge in [-0.25, -0.2) is 4.98 Å². The third-order valence-electron chi connectivity index (χ3n) is 4.95. The standard InChI is InChI=1S/C23H22N2O3S/c1-3-15(2)17-6-8-18(9-7-17)19-13-29-23(24-19)25-22(26)11-5-16-4-10-20-21(12-16)28-14-27-20/h4-13,15H,3,14H2,1-2H3,(H,24,25,26)/b11-5+. The molecule has 0 saturated heterocycles. The normalized spacial score (nSPS) is 13.6. The second-order valence-corrected chi connectivity index (χ2v) is 7.76. The summed E-state index contributed by atoms with van der Waals surface area (Å²) in [7, 11) is 0. The number of aromatic nitrogens is 1. The number of benzene rings is 2. The summed E-state index contributed by atoms with van der Waals surface area (Å²) >= 11 is 1.41. The molecule has 6 heteroatoms. The molecule has 0 aliphatic carbocycles. The number of carbonyl (C=O) groups is 1. The van der Waals surface area contributed by atoms with Gasteiger partial charge in [-0.1, -0.05) is 44.2 Å². The number of amides is 1. The first-order valence-electron chi connectivity index (χ1n) is 9.57. The Hall–Kier alpha value is -3.12. The summed E-state index contributed by atoms with van der Waals surface area (Å²) in [4.78, 5) is 16.8. The molecule has 148 valence electrons. The number of carbonyl (C=O) groups excluding carboxylic acids is 1. The molecule has 5 nitrogen and oxygen atoms in total. The van der Waals surface area contributed by atoms with E-state index in [4.69, 9.17) is 9.47 Å². The van der Waals surface area contributed by atoms with E-state index in [0.29, 0.717) is 16.8 Å². The predicted octanol–water partition coefficient (Wildman–Crippen LogP) is 5.70. The Bertz CT molecular complexity index is 1040. The van der Waals surface area contributed by atoms with Crippen LogP contribution in [0.5, 0.6) is 11.5 Å². The molecule has 1 N–H and O–H groups in total. The average molecular weight is 407 g/mol. The molecular formula is C23H22N2O3S. The van der Waals surface area contributed by atoms with E-state index < -0.39 is 0 Å². The molecule has 1 amide bonds. The van der Waals surface area contributed by atoms with E-state index in [1.54, 1.807) is 6.08 Å². The summed E-state index contributed by atoms with van der Waals surface area (Å²) in [5.74, 6) is 1.73. The third kappa shape index (κ3) is 4.49. The lowest BCUT2D eigenvalue weighted by Gasteiger charge is -2.08. The molecule has 0 fully saturated rings. The Morgan fingerprint density at radius 2 is 2.00 bits per heavy atom. The first-order chi connectivity index (χ1) is 14.1.